The maximum atomic E-state index is 2.30. The van der Waals surface area contributed by atoms with Crippen molar-refractivity contribution < 1.29 is 126 Å². The summed E-state index contributed by atoms with van der Waals surface area (Å²) in [6, 6.07) is 177. The molecule has 0 aliphatic carbocycles. The van der Waals surface area contributed by atoms with Crippen LogP contribution in [-0.4, -0.2) is 49.3 Å². The average molecular weight is 3020 g/mol. The molecule has 0 nitrogen and oxygen atoms in total. The standard InChI is InChI=1S/4C27H26P2.6Pt.6H2S/c4*1-5-14-24(15-6-1)28(25-16-7-2-8-17-25)22-13-23-29(26-18-9-3-10-19-26)27-20-11-4-12-21-27;;;;;;;;;;;;/h4*1-12,14-21H,13,22-23H2;;;;;;;6*1H2/q;;;;;;;3*+2;;;;;;/p-6. The normalized spacial score (nSPS) is 10.1. The summed E-state index contributed by atoms with van der Waals surface area (Å²) in [6.45, 7) is 0. The van der Waals surface area contributed by atoms with Crippen LogP contribution in [0.2, 0.25) is 0 Å². The van der Waals surface area contributed by atoms with E-state index in [0.29, 0.717) is 0 Å². The molecule has 0 unspecified atom stereocenters. The third kappa shape index (κ3) is 40.5. The average Bonchev–Trinajstić information content (AvgIpc) is 0.843. The van der Waals surface area contributed by atoms with Gasteiger partial charge < -0.3 is 81.0 Å². The Balaban J connectivity index is 0.000000827. The van der Waals surface area contributed by atoms with Crippen molar-refractivity contribution in [1.82, 2.24) is 0 Å². The van der Waals surface area contributed by atoms with E-state index in [9.17, 15) is 0 Å². The van der Waals surface area contributed by atoms with Crippen molar-refractivity contribution in [2.24, 2.45) is 0 Å². The first-order valence-electron chi connectivity index (χ1n) is 40.7. The van der Waals surface area contributed by atoms with Crippen molar-refractivity contribution in [1.29, 1.82) is 0 Å². The number of hydrogen-bond donors (Lipinski definition) is 0. The monoisotopic (exact) mass is 3020 g/mol. The van der Waals surface area contributed by atoms with E-state index in [1.165, 1.54) is 160 Å². The van der Waals surface area contributed by atoms with Crippen LogP contribution in [0.25, 0.3) is 0 Å². The van der Waals surface area contributed by atoms with Gasteiger partial charge in [-0.25, -0.2) is 0 Å². The van der Waals surface area contributed by atoms with Crippen LogP contribution in [0.5, 0.6) is 0 Å². The molecule has 0 aliphatic rings. The van der Waals surface area contributed by atoms with Gasteiger partial charge in [0.1, 0.15) is 0 Å². The molecule has 0 spiro atoms. The van der Waals surface area contributed by atoms with Crippen LogP contribution in [0.15, 0.2) is 485 Å². The summed E-state index contributed by atoms with van der Waals surface area (Å²) in [6.07, 6.45) is 14.9. The molecule has 0 bridgehead atoms. The summed E-state index contributed by atoms with van der Waals surface area (Å²) in [5.41, 5.74) is 0. The van der Waals surface area contributed by atoms with E-state index >= 15 is 0 Å². The van der Waals surface area contributed by atoms with Gasteiger partial charge in [0.15, 0.2) is 0 Å². The van der Waals surface area contributed by atoms with Gasteiger partial charge in [0.05, 0.1) is 0 Å². The molecule has 128 heavy (non-hydrogen) atoms. The molecule has 0 N–H and O–H groups in total. The molecule has 0 atom stereocenters. The van der Waals surface area contributed by atoms with Crippen molar-refractivity contribution >= 4 is 229 Å². The molecule has 0 heterocycles. The molecule has 0 amide bonds. The van der Waals surface area contributed by atoms with Gasteiger partial charge in [-0.15, -0.1) is 0 Å². The Labute approximate surface area is 904 Å². The van der Waals surface area contributed by atoms with Gasteiger partial charge in [-0.05, 0) is 223 Å². The van der Waals surface area contributed by atoms with E-state index in [1.807, 2.05) is 0 Å². The largest absolute Gasteiger partial charge is 2.00 e. The van der Waals surface area contributed by atoms with Gasteiger partial charge in [-0.1, -0.05) is 485 Å². The predicted octanol–water partition coefficient (Wildman–Crippen LogP) is 20.9. The molecule has 16 aromatic rings. The number of rotatable bonds is 32. The van der Waals surface area contributed by atoms with Crippen molar-refractivity contribution in [3.05, 3.63) is 485 Å². The Morgan fingerprint density at radius 2 is 0.156 bits per heavy atom. The van der Waals surface area contributed by atoms with Crippen molar-refractivity contribution in [2.75, 3.05) is 49.3 Å². The minimum atomic E-state index is -0.309. The van der Waals surface area contributed by atoms with E-state index in [2.05, 4.69) is 485 Å². The molecular weight excluding hydrogens is 2910 g/mol. The van der Waals surface area contributed by atoms with Gasteiger partial charge in [0, 0.05) is 63.2 Å². The molecule has 0 fully saturated rings. The molecule has 16 rings (SSSR count). The molecule has 0 aliphatic heterocycles. The molecule has 678 valence electrons. The summed E-state index contributed by atoms with van der Waals surface area (Å²) in [5, 5.41) is 23.7. The van der Waals surface area contributed by atoms with Crippen molar-refractivity contribution in [2.45, 2.75) is 25.7 Å². The zero-order valence-corrected chi connectivity index (χ0v) is 97.0. The van der Waals surface area contributed by atoms with E-state index in [0.717, 1.165) is 0 Å². The summed E-state index contributed by atoms with van der Waals surface area (Å²) in [4.78, 5) is 0. The van der Waals surface area contributed by atoms with Crippen molar-refractivity contribution in [3.63, 3.8) is 0 Å². The zero-order valence-electron chi connectivity index (χ0n) is 70.8. The Morgan fingerprint density at radius 1 is 0.102 bits per heavy atom. The summed E-state index contributed by atoms with van der Waals surface area (Å²) in [5.74, 6) is 0. The molecular formula is C108H110P8Pt6S6. The van der Waals surface area contributed by atoms with Crippen LogP contribution in [0.1, 0.15) is 25.7 Å². The molecule has 16 aromatic carbocycles. The van der Waals surface area contributed by atoms with Crippen LogP contribution in [0.4, 0.5) is 0 Å². The Bertz CT molecular complexity index is 3970. The predicted molar refractivity (Wildman–Crippen MR) is 583 cm³/mol. The molecule has 0 saturated carbocycles. The number of thiol groups is 6. The molecule has 20 heteroatoms. The Kier molecular flexibility index (Phi) is 69.8. The van der Waals surface area contributed by atoms with E-state index < -0.39 is 0 Å². The third-order valence-corrected chi connectivity index (χ3v) is 41.0. The molecule has 0 radical (unpaired) electrons. The van der Waals surface area contributed by atoms with Gasteiger partial charge >= 0.3 is 63.2 Å². The maximum Gasteiger partial charge on any atom is 2.00 e. The van der Waals surface area contributed by atoms with Gasteiger partial charge in [0.2, 0.25) is 0 Å². The van der Waals surface area contributed by atoms with Crippen LogP contribution in [-0.2, 0) is 207 Å². The van der Waals surface area contributed by atoms with Crippen LogP contribution in [0, 0.1) is 0 Å². The minimum Gasteiger partial charge on any atom is -0.813 e. The number of benzene rings is 16. The zero-order chi connectivity index (χ0) is 78.9. The van der Waals surface area contributed by atoms with Gasteiger partial charge in [-0.2, -0.15) is 0 Å². The van der Waals surface area contributed by atoms with Crippen LogP contribution >= 0.6 is 63.4 Å². The van der Waals surface area contributed by atoms with Gasteiger partial charge in [-0.3, -0.25) is 0 Å². The third-order valence-electron chi connectivity index (χ3n) is 20.1. The van der Waals surface area contributed by atoms with Crippen molar-refractivity contribution in [3.8, 4) is 0 Å². The van der Waals surface area contributed by atoms with E-state index in [-0.39, 0.29) is 271 Å². The van der Waals surface area contributed by atoms with Crippen LogP contribution < -0.4 is 84.9 Å². The van der Waals surface area contributed by atoms with Gasteiger partial charge in [0.25, 0.3) is 0 Å². The first-order valence-corrected chi connectivity index (χ1v) is 52.9. The summed E-state index contributed by atoms with van der Waals surface area (Å²) < 4.78 is 0. The second-order valence-electron chi connectivity index (χ2n) is 28.0. The fourth-order valence-corrected chi connectivity index (χ4v) is 34.4. The second kappa shape index (κ2) is 72.5. The van der Waals surface area contributed by atoms with E-state index in [1.54, 1.807) is 0 Å². The maximum absolute atomic E-state index is 2.30. The Morgan fingerprint density at radius 3 is 0.211 bits per heavy atom. The molecule has 0 saturated heterocycles. The van der Waals surface area contributed by atoms with E-state index in [4.69, 9.17) is 0 Å². The first kappa shape index (κ1) is 123. The molecule has 0 aromatic heterocycles. The SMILES string of the molecule is [Pt+2].[Pt+2].[Pt+2].[Pt].[Pt].[Pt].[SH-].[SH-].[SH-].[SH-].[SH-].[SH-].c1ccc(P(CCCP(c2ccccc2)c2ccccc2)c2ccccc2)cc1.c1ccc(P(CCCP(c2ccccc2)c2ccccc2)c2ccccc2)cc1.c1ccc(P(CCCP(c2ccccc2)c2ccccc2)c2ccccc2)cc1.c1ccc(P(CCCP(c2ccccc2)c2ccccc2)c2ccccc2)cc1. The minimum absolute atomic E-state index is 0. The topological polar surface area (TPSA) is 0 Å². The van der Waals surface area contributed by atoms with Crippen LogP contribution in [0.3, 0.4) is 0 Å². The quantitative estimate of drug-likeness (QED) is 0.0232. The first-order chi connectivity index (χ1) is 57.7. The second-order valence-corrected chi connectivity index (χ2v) is 46.7. The number of hydrogen-bond acceptors (Lipinski definition) is 6. The fourth-order valence-electron chi connectivity index (χ4n) is 14.5. The summed E-state index contributed by atoms with van der Waals surface area (Å²) >= 11 is 0. The Hall–Kier alpha value is -2.81. The summed E-state index contributed by atoms with van der Waals surface area (Å²) in [7, 11) is -2.47. The fraction of sp³-hybridized carbons (Fsp3) is 0.111. The smallest absolute Gasteiger partial charge is 0.813 e.